The molecular formula is C15H24N2O2. The molecule has 1 atom stereocenters. The normalized spacial score (nSPS) is 19.1. The Morgan fingerprint density at radius 2 is 2.32 bits per heavy atom. The molecule has 0 bridgehead atoms. The highest BCUT2D eigenvalue weighted by molar-refractivity contribution is 5.51. The topological polar surface area (TPSA) is 44.7 Å². The van der Waals surface area contributed by atoms with E-state index < -0.39 is 0 Å². The minimum Gasteiger partial charge on any atom is -0.391 e. The number of hydrogen-bond acceptors (Lipinski definition) is 4. The average Bonchev–Trinajstić information content (AvgIpc) is 2.83. The van der Waals surface area contributed by atoms with Crippen LogP contribution in [0.1, 0.15) is 17.5 Å². The summed E-state index contributed by atoms with van der Waals surface area (Å²) >= 11 is 0. The first-order valence-electron chi connectivity index (χ1n) is 6.93. The lowest BCUT2D eigenvalue weighted by Gasteiger charge is -2.19. The molecule has 1 aliphatic heterocycles. The Bertz CT molecular complexity index is 409. The van der Waals surface area contributed by atoms with Gasteiger partial charge in [-0.1, -0.05) is 6.07 Å². The maximum atomic E-state index is 9.59. The molecule has 0 aliphatic carbocycles. The molecule has 4 heteroatoms. The predicted octanol–water partition coefficient (Wildman–Crippen LogP) is 1.30. The third-order valence-corrected chi connectivity index (χ3v) is 3.65. The predicted molar refractivity (Wildman–Crippen MR) is 77.6 cm³/mol. The Morgan fingerprint density at radius 3 is 2.95 bits per heavy atom. The van der Waals surface area contributed by atoms with E-state index in [4.69, 9.17) is 4.74 Å². The third kappa shape index (κ3) is 3.93. The number of benzene rings is 1. The minimum atomic E-state index is -0.171. The summed E-state index contributed by atoms with van der Waals surface area (Å²) in [5.74, 6) is 0. The summed E-state index contributed by atoms with van der Waals surface area (Å²) in [7, 11) is 1.71. The van der Waals surface area contributed by atoms with E-state index in [1.165, 1.54) is 16.8 Å². The number of methoxy groups -OCH3 is 1. The number of nitrogens with one attached hydrogen (secondary N) is 1. The van der Waals surface area contributed by atoms with Gasteiger partial charge in [-0.3, -0.25) is 0 Å². The van der Waals surface area contributed by atoms with Gasteiger partial charge in [-0.25, -0.2) is 0 Å². The molecule has 1 saturated heterocycles. The Balaban J connectivity index is 1.93. The van der Waals surface area contributed by atoms with Gasteiger partial charge in [0, 0.05) is 39.0 Å². The Kier molecular flexibility index (Phi) is 5.19. The van der Waals surface area contributed by atoms with E-state index in [1.807, 2.05) is 0 Å². The van der Waals surface area contributed by atoms with Crippen LogP contribution >= 0.6 is 0 Å². The molecule has 0 saturated carbocycles. The zero-order valence-electron chi connectivity index (χ0n) is 11.9. The van der Waals surface area contributed by atoms with Crippen LogP contribution in [0.3, 0.4) is 0 Å². The van der Waals surface area contributed by atoms with Crippen LogP contribution in [0, 0.1) is 6.92 Å². The molecule has 2 N–H and O–H groups in total. The van der Waals surface area contributed by atoms with Crippen molar-refractivity contribution in [2.24, 2.45) is 0 Å². The van der Waals surface area contributed by atoms with Gasteiger partial charge >= 0.3 is 0 Å². The summed E-state index contributed by atoms with van der Waals surface area (Å²) in [6.45, 7) is 6.33. The molecule has 1 aromatic rings. The summed E-state index contributed by atoms with van der Waals surface area (Å²) in [5.41, 5.74) is 3.83. The standard InChI is InChI=1S/C15H24N2O2/c1-12-9-14(17-7-5-15(18)11-17)4-3-13(12)10-16-6-8-19-2/h3-4,9,15-16,18H,5-8,10-11H2,1-2H3. The van der Waals surface area contributed by atoms with Crippen molar-refractivity contribution in [2.45, 2.75) is 26.0 Å². The van der Waals surface area contributed by atoms with Crippen molar-refractivity contribution in [3.63, 3.8) is 0 Å². The number of aryl methyl sites for hydroxylation is 1. The molecular weight excluding hydrogens is 240 g/mol. The SMILES string of the molecule is COCCNCc1ccc(N2CCC(O)C2)cc1C. The van der Waals surface area contributed by atoms with Crippen LogP contribution in [0.4, 0.5) is 5.69 Å². The fourth-order valence-corrected chi connectivity index (χ4v) is 2.45. The molecule has 0 spiro atoms. The van der Waals surface area contributed by atoms with Crippen molar-refractivity contribution in [1.82, 2.24) is 5.32 Å². The highest BCUT2D eigenvalue weighted by Gasteiger charge is 2.20. The zero-order valence-corrected chi connectivity index (χ0v) is 11.9. The largest absolute Gasteiger partial charge is 0.391 e. The number of ether oxygens (including phenoxy) is 1. The van der Waals surface area contributed by atoms with E-state index >= 15 is 0 Å². The lowest BCUT2D eigenvalue weighted by molar-refractivity contribution is 0.198. The van der Waals surface area contributed by atoms with E-state index in [0.29, 0.717) is 0 Å². The second-order valence-corrected chi connectivity index (χ2v) is 5.17. The van der Waals surface area contributed by atoms with Gasteiger partial charge < -0.3 is 20.1 Å². The van der Waals surface area contributed by atoms with Gasteiger partial charge in [-0.15, -0.1) is 0 Å². The van der Waals surface area contributed by atoms with Crippen LogP contribution < -0.4 is 10.2 Å². The highest BCUT2D eigenvalue weighted by Crippen LogP contribution is 2.23. The van der Waals surface area contributed by atoms with Gasteiger partial charge in [0.05, 0.1) is 12.7 Å². The lowest BCUT2D eigenvalue weighted by Crippen LogP contribution is -2.22. The molecule has 0 aromatic heterocycles. The van der Waals surface area contributed by atoms with Gasteiger partial charge in [-0.05, 0) is 36.6 Å². The van der Waals surface area contributed by atoms with E-state index in [2.05, 4.69) is 35.3 Å². The Labute approximate surface area is 115 Å². The van der Waals surface area contributed by atoms with Gasteiger partial charge in [-0.2, -0.15) is 0 Å². The molecule has 1 unspecified atom stereocenters. The molecule has 1 fully saturated rings. The van der Waals surface area contributed by atoms with Crippen molar-refractivity contribution in [3.05, 3.63) is 29.3 Å². The number of hydrogen-bond donors (Lipinski definition) is 2. The number of β-amino-alcohol motifs (C(OH)–C–C–N with tert-alkyl or cyclic N) is 1. The van der Waals surface area contributed by atoms with E-state index in [-0.39, 0.29) is 6.10 Å². The molecule has 0 radical (unpaired) electrons. The first-order chi connectivity index (χ1) is 9.20. The molecule has 1 aromatic carbocycles. The van der Waals surface area contributed by atoms with E-state index in [0.717, 1.165) is 39.2 Å². The molecule has 106 valence electrons. The number of nitrogens with zero attached hydrogens (tertiary/aromatic N) is 1. The van der Waals surface area contributed by atoms with Gasteiger partial charge in [0.2, 0.25) is 0 Å². The summed E-state index contributed by atoms with van der Waals surface area (Å²) in [5, 5.41) is 12.9. The first kappa shape index (κ1) is 14.3. The Hall–Kier alpha value is -1.10. The molecule has 19 heavy (non-hydrogen) atoms. The molecule has 2 rings (SSSR count). The third-order valence-electron chi connectivity index (χ3n) is 3.65. The van der Waals surface area contributed by atoms with Crippen molar-refractivity contribution in [3.8, 4) is 0 Å². The van der Waals surface area contributed by atoms with Crippen molar-refractivity contribution < 1.29 is 9.84 Å². The van der Waals surface area contributed by atoms with Crippen LogP contribution in [-0.4, -0.2) is 44.6 Å². The average molecular weight is 264 g/mol. The molecule has 0 amide bonds. The summed E-state index contributed by atoms with van der Waals surface area (Å²) in [4.78, 5) is 2.25. The van der Waals surface area contributed by atoms with Gasteiger partial charge in [0.15, 0.2) is 0 Å². The van der Waals surface area contributed by atoms with Crippen LogP contribution in [0.5, 0.6) is 0 Å². The number of rotatable bonds is 6. The van der Waals surface area contributed by atoms with Crippen molar-refractivity contribution in [1.29, 1.82) is 0 Å². The minimum absolute atomic E-state index is 0.171. The smallest absolute Gasteiger partial charge is 0.0731 e. The van der Waals surface area contributed by atoms with Crippen LogP contribution in [0.15, 0.2) is 18.2 Å². The summed E-state index contributed by atoms with van der Waals surface area (Å²) < 4.78 is 5.01. The monoisotopic (exact) mass is 264 g/mol. The van der Waals surface area contributed by atoms with Gasteiger partial charge in [0.1, 0.15) is 0 Å². The Morgan fingerprint density at radius 1 is 1.47 bits per heavy atom. The lowest BCUT2D eigenvalue weighted by atomic mass is 10.1. The number of aliphatic hydroxyl groups is 1. The van der Waals surface area contributed by atoms with Crippen LogP contribution in [0.25, 0.3) is 0 Å². The summed E-state index contributed by atoms with van der Waals surface area (Å²) in [6, 6.07) is 6.54. The van der Waals surface area contributed by atoms with Crippen molar-refractivity contribution >= 4 is 5.69 Å². The molecule has 4 nitrogen and oxygen atoms in total. The second kappa shape index (κ2) is 6.89. The van der Waals surface area contributed by atoms with E-state index in [1.54, 1.807) is 7.11 Å². The van der Waals surface area contributed by atoms with Crippen molar-refractivity contribution in [2.75, 3.05) is 38.3 Å². The first-order valence-corrected chi connectivity index (χ1v) is 6.93. The van der Waals surface area contributed by atoms with Gasteiger partial charge in [0.25, 0.3) is 0 Å². The van der Waals surface area contributed by atoms with E-state index in [9.17, 15) is 5.11 Å². The number of anilines is 1. The zero-order chi connectivity index (χ0) is 13.7. The number of aliphatic hydroxyl groups excluding tert-OH is 1. The maximum Gasteiger partial charge on any atom is 0.0731 e. The van der Waals surface area contributed by atoms with Crippen LogP contribution in [0.2, 0.25) is 0 Å². The fourth-order valence-electron chi connectivity index (χ4n) is 2.45. The maximum absolute atomic E-state index is 9.59. The fraction of sp³-hybridized carbons (Fsp3) is 0.600. The second-order valence-electron chi connectivity index (χ2n) is 5.17. The van der Waals surface area contributed by atoms with Crippen LogP contribution in [-0.2, 0) is 11.3 Å². The highest BCUT2D eigenvalue weighted by atomic mass is 16.5. The quantitative estimate of drug-likeness (QED) is 0.760. The summed E-state index contributed by atoms with van der Waals surface area (Å²) in [6.07, 6.45) is 0.704. The molecule has 1 aliphatic rings. The molecule has 1 heterocycles.